The van der Waals surface area contributed by atoms with Crippen LogP contribution in [0.1, 0.15) is 65.9 Å². The Morgan fingerprint density at radius 1 is 0.691 bits per heavy atom. The van der Waals surface area contributed by atoms with Crippen molar-refractivity contribution in [2.24, 2.45) is 0 Å². The number of aryl methyl sites for hydroxylation is 4. The van der Waals surface area contributed by atoms with E-state index in [1.54, 1.807) is 72.8 Å². The molecule has 0 unspecified atom stereocenters. The molecular weight excluding hydrogens is 700 g/mol. The molecule has 0 saturated heterocycles. The van der Waals surface area contributed by atoms with Crippen molar-refractivity contribution >= 4 is 34.6 Å². The maximum atomic E-state index is 12.5. The Balaban J connectivity index is 0.000000205. The molecule has 0 radical (unpaired) electrons. The molecule has 0 saturated carbocycles. The quantitative estimate of drug-likeness (QED) is 0.0957. The number of hydrogen-bond donors (Lipinski definition) is 3. The number of nitrogens with two attached hydrogens (primary N) is 1. The molecule has 6 rings (SSSR count). The fourth-order valence-corrected chi connectivity index (χ4v) is 4.96. The third-order valence-corrected chi connectivity index (χ3v) is 8.49. The lowest BCUT2D eigenvalue weighted by molar-refractivity contribution is 0.0696. The predicted molar refractivity (Wildman–Crippen MR) is 208 cm³/mol. The molecule has 2 aromatic heterocycles. The molecule has 2 heterocycles. The van der Waals surface area contributed by atoms with Gasteiger partial charge in [0.2, 0.25) is 0 Å². The van der Waals surface area contributed by atoms with Crippen LogP contribution in [0.15, 0.2) is 94.0 Å². The second kappa shape index (κ2) is 18.9. The number of carbonyl (C=O) groups is 2. The van der Waals surface area contributed by atoms with E-state index in [0.717, 1.165) is 45.2 Å². The molecule has 280 valence electrons. The summed E-state index contributed by atoms with van der Waals surface area (Å²) in [7, 11) is 0. The van der Waals surface area contributed by atoms with Crippen LogP contribution in [-0.2, 0) is 13.2 Å². The molecule has 4 N–H and O–H groups in total. The molecule has 0 aliphatic carbocycles. The number of anilines is 2. The Kier molecular flexibility index (Phi) is 13.9. The van der Waals surface area contributed by atoms with E-state index in [1.807, 2.05) is 41.5 Å². The molecule has 1 amide bonds. The zero-order chi connectivity index (χ0) is 40.1. The number of amides is 1. The number of carbonyl (C=O) groups excluding carboxylic acids is 1. The fraction of sp³-hybridized carbons (Fsp3) is 0.190. The summed E-state index contributed by atoms with van der Waals surface area (Å²) < 4.78 is 21.4. The number of rotatable bonds is 9. The number of ether oxygens (including phenoxy) is 2. The average Bonchev–Trinajstić information content (AvgIpc) is 3.69. The molecule has 0 aliphatic rings. The minimum Gasteiger partial charge on any atom is -0.489 e. The van der Waals surface area contributed by atoms with E-state index >= 15 is 0 Å². The van der Waals surface area contributed by atoms with Gasteiger partial charge in [-0.3, -0.25) is 4.79 Å². The fourth-order valence-electron chi connectivity index (χ4n) is 4.96. The number of carboxylic acid groups (broad SMARTS) is 1. The highest BCUT2D eigenvalue weighted by atomic mass is 16.5. The number of aromatic carboxylic acids is 1. The zero-order valence-corrected chi connectivity index (χ0v) is 31.3. The summed E-state index contributed by atoms with van der Waals surface area (Å²) in [6, 6.07) is 23.8. The van der Waals surface area contributed by atoms with Crippen molar-refractivity contribution in [2.45, 2.75) is 54.8 Å². The van der Waals surface area contributed by atoms with Crippen molar-refractivity contribution in [3.63, 3.8) is 0 Å². The maximum Gasteiger partial charge on any atom is 0.335 e. The van der Waals surface area contributed by atoms with Crippen molar-refractivity contribution in [3.05, 3.63) is 164 Å². The van der Waals surface area contributed by atoms with E-state index in [-0.39, 0.29) is 11.5 Å². The number of carboxylic acids is 1. The summed E-state index contributed by atoms with van der Waals surface area (Å²) in [5.74, 6) is 1.54. The van der Waals surface area contributed by atoms with Crippen LogP contribution < -0.4 is 20.5 Å². The number of aromatic nitrogens is 2. The standard InChI is InChI=1S/C21H19N3O3.C13H13NO4.C8H8N2/c1-13-19(22-4)6-5-7-20(13)23-21(25)16-8-10-17(11-9-16)26-12-18-14(2)24-27-15(18)3;1-8-12(9(2)18-14-8)7-17-11-5-3-10(4-6-11)13(15)16;1-6-7(9)4-3-5-8(6)10-2/h5-11H,12H2,1-3H3,(H,23,25);3-6H,7H2,1-2H3,(H,15,16);3-5H,9H2,1H3. The number of nitrogens with zero attached hydrogens (tertiary/aromatic N) is 4. The van der Waals surface area contributed by atoms with E-state index in [9.17, 15) is 9.59 Å². The van der Waals surface area contributed by atoms with Crippen molar-refractivity contribution in [2.75, 3.05) is 11.1 Å². The molecule has 0 fully saturated rings. The van der Waals surface area contributed by atoms with E-state index < -0.39 is 5.97 Å². The van der Waals surface area contributed by atoms with E-state index in [0.29, 0.717) is 53.0 Å². The highest BCUT2D eigenvalue weighted by molar-refractivity contribution is 6.05. The van der Waals surface area contributed by atoms with E-state index in [4.69, 9.17) is 42.5 Å². The van der Waals surface area contributed by atoms with Gasteiger partial charge in [-0.1, -0.05) is 34.6 Å². The molecule has 13 heteroatoms. The number of nitrogen functional groups attached to an aromatic ring is 1. The van der Waals surface area contributed by atoms with Crippen LogP contribution in [-0.4, -0.2) is 27.3 Å². The second-order valence-corrected chi connectivity index (χ2v) is 12.2. The van der Waals surface area contributed by atoms with Gasteiger partial charge in [0.05, 0.1) is 41.2 Å². The molecule has 0 spiro atoms. The first-order valence-electron chi connectivity index (χ1n) is 16.9. The SMILES string of the molecule is Cc1noc(C)c1COc1ccc(C(=O)O)cc1.[C-]#[N+]c1cccc(N)c1C.[C-]#[N+]c1cccc(NC(=O)c2ccc(OCc3c(C)noc3C)cc2)c1C. The summed E-state index contributed by atoms with van der Waals surface area (Å²) >= 11 is 0. The Morgan fingerprint density at radius 3 is 1.56 bits per heavy atom. The smallest absolute Gasteiger partial charge is 0.335 e. The van der Waals surface area contributed by atoms with Gasteiger partial charge in [-0.25, -0.2) is 14.5 Å². The molecule has 4 aromatic carbocycles. The topological polar surface area (TPSA) is 172 Å². The third-order valence-electron chi connectivity index (χ3n) is 8.49. The van der Waals surface area contributed by atoms with Gasteiger partial charge >= 0.3 is 5.97 Å². The van der Waals surface area contributed by atoms with Gasteiger partial charge < -0.3 is 34.7 Å². The van der Waals surface area contributed by atoms with Crippen molar-refractivity contribution < 1.29 is 33.2 Å². The first-order chi connectivity index (χ1) is 26.3. The first-order valence-corrected chi connectivity index (χ1v) is 16.9. The lowest BCUT2D eigenvalue weighted by Gasteiger charge is -2.10. The lowest BCUT2D eigenvalue weighted by atomic mass is 10.1. The molecular formula is C42H40N6O7. The molecule has 0 bridgehead atoms. The largest absolute Gasteiger partial charge is 0.489 e. The van der Waals surface area contributed by atoms with Gasteiger partial charge in [-0.05, 0) is 113 Å². The normalized spacial score (nSPS) is 10.0. The Morgan fingerprint density at radius 2 is 1.15 bits per heavy atom. The zero-order valence-electron chi connectivity index (χ0n) is 31.3. The van der Waals surface area contributed by atoms with Crippen LogP contribution in [0.3, 0.4) is 0 Å². The highest BCUT2D eigenvalue weighted by Gasteiger charge is 2.13. The summed E-state index contributed by atoms with van der Waals surface area (Å²) in [4.78, 5) is 29.9. The summed E-state index contributed by atoms with van der Waals surface area (Å²) in [6.45, 7) is 25.7. The highest BCUT2D eigenvalue weighted by Crippen LogP contribution is 2.27. The summed E-state index contributed by atoms with van der Waals surface area (Å²) in [5, 5.41) is 19.3. The van der Waals surface area contributed by atoms with Crippen LogP contribution >= 0.6 is 0 Å². The summed E-state index contributed by atoms with van der Waals surface area (Å²) in [5.41, 5.74) is 13.8. The van der Waals surface area contributed by atoms with Gasteiger partial charge in [0, 0.05) is 16.9 Å². The lowest BCUT2D eigenvalue weighted by Crippen LogP contribution is -2.12. The Hall–Kier alpha value is -7.38. The van der Waals surface area contributed by atoms with Crippen LogP contribution in [0.4, 0.5) is 22.7 Å². The number of hydrogen-bond acceptors (Lipinski definition) is 9. The minimum atomic E-state index is -0.952. The second-order valence-electron chi connectivity index (χ2n) is 12.2. The molecule has 6 aromatic rings. The summed E-state index contributed by atoms with van der Waals surface area (Å²) in [6.07, 6.45) is 0. The predicted octanol–water partition coefficient (Wildman–Crippen LogP) is 9.68. The van der Waals surface area contributed by atoms with Crippen LogP contribution in [0.25, 0.3) is 9.69 Å². The third kappa shape index (κ3) is 10.8. The Bertz CT molecular complexity index is 2310. The van der Waals surface area contributed by atoms with Gasteiger partial charge in [-0.2, -0.15) is 0 Å². The van der Waals surface area contributed by atoms with Gasteiger partial charge in [0.25, 0.3) is 5.91 Å². The van der Waals surface area contributed by atoms with Gasteiger partial charge in [-0.15, -0.1) is 0 Å². The van der Waals surface area contributed by atoms with Gasteiger partial charge in [0.1, 0.15) is 36.2 Å². The average molecular weight is 741 g/mol. The van der Waals surface area contributed by atoms with Crippen LogP contribution in [0.2, 0.25) is 0 Å². The van der Waals surface area contributed by atoms with Crippen LogP contribution in [0.5, 0.6) is 11.5 Å². The molecule has 13 nitrogen and oxygen atoms in total. The van der Waals surface area contributed by atoms with Gasteiger partial charge in [0.15, 0.2) is 11.4 Å². The van der Waals surface area contributed by atoms with E-state index in [1.165, 1.54) is 12.1 Å². The molecule has 0 aliphatic heterocycles. The monoisotopic (exact) mass is 740 g/mol. The maximum absolute atomic E-state index is 12.5. The van der Waals surface area contributed by atoms with Crippen LogP contribution in [0, 0.1) is 54.7 Å². The van der Waals surface area contributed by atoms with Crippen molar-refractivity contribution in [1.82, 2.24) is 10.3 Å². The number of nitrogens with one attached hydrogen (secondary N) is 1. The minimum absolute atomic E-state index is 0.236. The van der Waals surface area contributed by atoms with E-state index in [2.05, 4.69) is 25.3 Å². The molecule has 0 atom stereocenters. The number of benzene rings is 4. The first kappa shape index (κ1) is 40.4. The Labute approximate surface area is 318 Å². The molecule has 55 heavy (non-hydrogen) atoms. The van der Waals surface area contributed by atoms with Crippen molar-refractivity contribution in [3.8, 4) is 11.5 Å². The van der Waals surface area contributed by atoms with Crippen molar-refractivity contribution in [1.29, 1.82) is 0 Å².